The highest BCUT2D eigenvalue weighted by molar-refractivity contribution is 5.22. The molecule has 1 aromatic carbocycles. The predicted molar refractivity (Wildman–Crippen MR) is 74.9 cm³/mol. The zero-order valence-electron chi connectivity index (χ0n) is 11.7. The molecule has 0 saturated heterocycles. The molecular weight excluding hydrogens is 192 g/mol. The number of hydrogen-bond donors (Lipinski definition) is 0. The average molecular weight is 220 g/mol. The lowest BCUT2D eigenvalue weighted by Crippen LogP contribution is -2.02. The summed E-state index contributed by atoms with van der Waals surface area (Å²) in [5.41, 5.74) is 2.89. The normalized spacial score (nSPS) is 11.6. The first-order chi connectivity index (χ1) is 7.76. The summed E-state index contributed by atoms with van der Waals surface area (Å²) in [4.78, 5) is 0. The molecule has 0 radical (unpaired) electrons. The second-order valence-electron chi connectivity index (χ2n) is 4.26. The van der Waals surface area contributed by atoms with Crippen molar-refractivity contribution in [1.29, 1.82) is 0 Å². The Bertz CT molecular complexity index is 262. The number of benzene rings is 1. The summed E-state index contributed by atoms with van der Waals surface area (Å²) in [5, 5.41) is 0. The van der Waals surface area contributed by atoms with Gasteiger partial charge in [-0.05, 0) is 24.8 Å². The first-order valence-corrected chi connectivity index (χ1v) is 6.81. The first-order valence-electron chi connectivity index (χ1n) is 6.81. The number of aryl methyl sites for hydroxylation is 1. The topological polar surface area (TPSA) is 0 Å². The highest BCUT2D eigenvalue weighted by Gasteiger charge is 2.05. The molecule has 0 bridgehead atoms. The van der Waals surface area contributed by atoms with E-state index in [1.54, 1.807) is 0 Å². The fourth-order valence-corrected chi connectivity index (χ4v) is 2.03. The smallest absolute Gasteiger partial charge is 0.0250 e. The molecule has 0 spiro atoms. The van der Waals surface area contributed by atoms with Gasteiger partial charge >= 0.3 is 0 Å². The Labute approximate surface area is 102 Å². The molecule has 1 rings (SSSR count). The van der Waals surface area contributed by atoms with Crippen molar-refractivity contribution in [2.45, 2.75) is 60.3 Å². The third-order valence-corrected chi connectivity index (χ3v) is 2.88. The molecule has 0 amide bonds. The maximum absolute atomic E-state index is 2.32. The molecular formula is C16H28. The Morgan fingerprint density at radius 3 is 2.31 bits per heavy atom. The Kier molecular flexibility index (Phi) is 8.99. The van der Waals surface area contributed by atoms with Gasteiger partial charge in [-0.15, -0.1) is 0 Å². The van der Waals surface area contributed by atoms with E-state index in [9.17, 15) is 0 Å². The molecule has 0 N–H and O–H groups in total. The first kappa shape index (κ1) is 15.2. The molecule has 1 atom stereocenters. The van der Waals surface area contributed by atoms with Crippen LogP contribution in [0.4, 0.5) is 0 Å². The number of hydrogen-bond acceptors (Lipinski definition) is 0. The minimum Gasteiger partial charge on any atom is -0.0683 e. The van der Waals surface area contributed by atoms with Crippen molar-refractivity contribution in [1.82, 2.24) is 0 Å². The maximum Gasteiger partial charge on any atom is -0.0250 e. The van der Waals surface area contributed by atoms with E-state index >= 15 is 0 Å². The van der Waals surface area contributed by atoms with E-state index in [4.69, 9.17) is 0 Å². The van der Waals surface area contributed by atoms with Crippen molar-refractivity contribution in [3.8, 4) is 0 Å². The van der Waals surface area contributed by atoms with Crippen LogP contribution in [0.3, 0.4) is 0 Å². The summed E-state index contributed by atoms with van der Waals surface area (Å²) >= 11 is 0. The molecule has 0 aromatic heterocycles. The van der Waals surface area contributed by atoms with Gasteiger partial charge in [0.05, 0.1) is 0 Å². The molecule has 0 nitrogen and oxygen atoms in total. The standard InChI is InChI=1S/C14H22.C2H6/c1-4-7-13(5-2)11-14-9-6-8-12(3)10-14;1-2/h6,8-10,13H,4-5,7,11H2,1-3H3;1-2H3. The summed E-state index contributed by atoms with van der Waals surface area (Å²) in [6, 6.07) is 8.91. The van der Waals surface area contributed by atoms with Crippen LogP contribution in [0.1, 0.15) is 58.1 Å². The van der Waals surface area contributed by atoms with E-state index < -0.39 is 0 Å². The molecule has 0 heteroatoms. The molecule has 0 fully saturated rings. The summed E-state index contributed by atoms with van der Waals surface area (Å²) in [6.07, 6.45) is 5.24. The van der Waals surface area contributed by atoms with E-state index in [2.05, 4.69) is 45.0 Å². The predicted octanol–water partition coefficient (Wildman–Crippen LogP) is 5.39. The molecule has 0 aliphatic rings. The van der Waals surface area contributed by atoms with Gasteiger partial charge in [-0.3, -0.25) is 0 Å². The van der Waals surface area contributed by atoms with Gasteiger partial charge in [-0.2, -0.15) is 0 Å². The lowest BCUT2D eigenvalue weighted by Gasteiger charge is -2.13. The van der Waals surface area contributed by atoms with Crippen LogP contribution < -0.4 is 0 Å². The monoisotopic (exact) mass is 220 g/mol. The molecule has 0 aliphatic carbocycles. The lowest BCUT2D eigenvalue weighted by molar-refractivity contribution is 0.462. The molecule has 1 aromatic rings. The Morgan fingerprint density at radius 2 is 1.81 bits per heavy atom. The van der Waals surface area contributed by atoms with E-state index in [1.165, 1.54) is 36.8 Å². The third-order valence-electron chi connectivity index (χ3n) is 2.88. The zero-order chi connectivity index (χ0) is 12.4. The van der Waals surface area contributed by atoms with Crippen molar-refractivity contribution in [2.75, 3.05) is 0 Å². The highest BCUT2D eigenvalue weighted by atomic mass is 14.1. The fraction of sp³-hybridized carbons (Fsp3) is 0.625. The second-order valence-corrected chi connectivity index (χ2v) is 4.26. The molecule has 0 heterocycles. The van der Waals surface area contributed by atoms with Gasteiger partial charge < -0.3 is 0 Å². The summed E-state index contributed by atoms with van der Waals surface area (Å²) in [6.45, 7) is 10.7. The van der Waals surface area contributed by atoms with Crippen LogP contribution in [0.5, 0.6) is 0 Å². The van der Waals surface area contributed by atoms with Gasteiger partial charge in [-0.1, -0.05) is 76.8 Å². The number of rotatable bonds is 5. The van der Waals surface area contributed by atoms with Crippen molar-refractivity contribution in [3.63, 3.8) is 0 Å². The largest absolute Gasteiger partial charge is 0.0683 e. The SMILES string of the molecule is CC.CCCC(CC)Cc1cccc(C)c1. The fourth-order valence-electron chi connectivity index (χ4n) is 2.03. The molecule has 92 valence electrons. The van der Waals surface area contributed by atoms with Crippen LogP contribution in [0.2, 0.25) is 0 Å². The van der Waals surface area contributed by atoms with Crippen LogP contribution in [-0.2, 0) is 6.42 Å². The Hall–Kier alpha value is -0.780. The Balaban J connectivity index is 0.00000106. The van der Waals surface area contributed by atoms with Gasteiger partial charge in [-0.25, -0.2) is 0 Å². The third kappa shape index (κ3) is 5.95. The Morgan fingerprint density at radius 1 is 1.12 bits per heavy atom. The van der Waals surface area contributed by atoms with Crippen molar-refractivity contribution < 1.29 is 0 Å². The molecule has 0 saturated carbocycles. The minimum absolute atomic E-state index is 0.877. The van der Waals surface area contributed by atoms with Crippen molar-refractivity contribution in [2.24, 2.45) is 5.92 Å². The van der Waals surface area contributed by atoms with E-state index in [-0.39, 0.29) is 0 Å². The van der Waals surface area contributed by atoms with Crippen LogP contribution in [0.25, 0.3) is 0 Å². The minimum atomic E-state index is 0.877. The second kappa shape index (κ2) is 9.45. The van der Waals surface area contributed by atoms with Crippen molar-refractivity contribution in [3.05, 3.63) is 35.4 Å². The zero-order valence-corrected chi connectivity index (χ0v) is 11.7. The quantitative estimate of drug-likeness (QED) is 0.624. The van der Waals surface area contributed by atoms with Gasteiger partial charge in [0.1, 0.15) is 0 Å². The van der Waals surface area contributed by atoms with Crippen molar-refractivity contribution >= 4 is 0 Å². The molecule has 1 unspecified atom stereocenters. The average Bonchev–Trinajstić information content (AvgIpc) is 2.31. The lowest BCUT2D eigenvalue weighted by atomic mass is 9.92. The molecule has 16 heavy (non-hydrogen) atoms. The van der Waals surface area contributed by atoms with E-state index in [0.717, 1.165) is 5.92 Å². The summed E-state index contributed by atoms with van der Waals surface area (Å²) in [7, 11) is 0. The van der Waals surface area contributed by atoms with E-state index in [0.29, 0.717) is 0 Å². The molecule has 0 aliphatic heterocycles. The van der Waals surface area contributed by atoms with Gasteiger partial charge in [0, 0.05) is 0 Å². The van der Waals surface area contributed by atoms with Gasteiger partial charge in [0.25, 0.3) is 0 Å². The van der Waals surface area contributed by atoms with Gasteiger partial charge in [0.15, 0.2) is 0 Å². The van der Waals surface area contributed by atoms with Crippen LogP contribution in [0.15, 0.2) is 24.3 Å². The van der Waals surface area contributed by atoms with Crippen LogP contribution in [0, 0.1) is 12.8 Å². The summed E-state index contributed by atoms with van der Waals surface area (Å²) in [5.74, 6) is 0.877. The van der Waals surface area contributed by atoms with Crippen LogP contribution in [-0.4, -0.2) is 0 Å². The summed E-state index contributed by atoms with van der Waals surface area (Å²) < 4.78 is 0. The van der Waals surface area contributed by atoms with Crippen LogP contribution >= 0.6 is 0 Å². The van der Waals surface area contributed by atoms with E-state index in [1.807, 2.05) is 13.8 Å². The maximum atomic E-state index is 2.32. The van der Waals surface area contributed by atoms with Gasteiger partial charge in [0.2, 0.25) is 0 Å². The highest BCUT2D eigenvalue weighted by Crippen LogP contribution is 2.17.